The SMILES string of the molecule is CC(=O)[C@H]1CC[C@H]2[C@@H]3CC4C5=CC(=O)CC[C@]5(CS4(=O)=O)[C@H]3CC[C@]12C. The summed E-state index contributed by atoms with van der Waals surface area (Å²) in [5.74, 6) is 2.04. The fourth-order valence-electron chi connectivity index (χ4n) is 8.10. The average Bonchev–Trinajstić information content (AvgIpc) is 2.98. The Hall–Kier alpha value is -0.970. The van der Waals surface area contributed by atoms with Gasteiger partial charge in [-0.25, -0.2) is 8.42 Å². The van der Waals surface area contributed by atoms with Crippen molar-refractivity contribution < 1.29 is 18.0 Å². The standard InChI is InChI=1S/C21H28O4S/c1-12(22)15-3-4-16-14-10-19-18-9-13(23)5-8-21(18,11-26(19,24)25)17(14)6-7-20(15,16)2/h9,14-17,19H,3-8,10-11H2,1-2H3/t14-,15+,16-,17-,19?,20+,21-/m0/s1. The maximum Gasteiger partial charge on any atom is 0.157 e. The lowest BCUT2D eigenvalue weighted by Gasteiger charge is -2.57. The molecule has 4 nitrogen and oxygen atoms in total. The van der Waals surface area contributed by atoms with Crippen molar-refractivity contribution in [3.8, 4) is 0 Å². The summed E-state index contributed by atoms with van der Waals surface area (Å²) in [7, 11) is -3.16. The van der Waals surface area contributed by atoms with Gasteiger partial charge in [0.15, 0.2) is 15.6 Å². The largest absolute Gasteiger partial charge is 0.300 e. The van der Waals surface area contributed by atoms with Gasteiger partial charge in [0.1, 0.15) is 5.78 Å². The molecule has 0 N–H and O–H groups in total. The zero-order chi connectivity index (χ0) is 18.5. The maximum absolute atomic E-state index is 13.0. The Morgan fingerprint density at radius 1 is 1.15 bits per heavy atom. The summed E-state index contributed by atoms with van der Waals surface area (Å²) >= 11 is 0. The van der Waals surface area contributed by atoms with Gasteiger partial charge in [0.2, 0.25) is 0 Å². The van der Waals surface area contributed by atoms with E-state index in [1.807, 2.05) is 0 Å². The van der Waals surface area contributed by atoms with Crippen LogP contribution in [0.2, 0.25) is 0 Å². The Morgan fingerprint density at radius 3 is 2.65 bits per heavy atom. The van der Waals surface area contributed by atoms with Crippen LogP contribution < -0.4 is 0 Å². The number of carbonyl (C=O) groups is 2. The molecule has 0 spiro atoms. The second-order valence-corrected chi connectivity index (χ2v) is 12.1. The van der Waals surface area contributed by atoms with Crippen LogP contribution in [0.4, 0.5) is 0 Å². The van der Waals surface area contributed by atoms with Gasteiger partial charge in [-0.3, -0.25) is 9.59 Å². The normalized spacial score (nSPS) is 51.2. The molecule has 26 heavy (non-hydrogen) atoms. The molecule has 0 aromatic rings. The Bertz CT molecular complexity index is 840. The van der Waals surface area contributed by atoms with Crippen molar-refractivity contribution in [3.63, 3.8) is 0 Å². The van der Waals surface area contributed by atoms with E-state index in [1.165, 1.54) is 0 Å². The van der Waals surface area contributed by atoms with Crippen LogP contribution in [0.15, 0.2) is 11.6 Å². The summed E-state index contributed by atoms with van der Waals surface area (Å²) in [6, 6.07) is 0. The highest BCUT2D eigenvalue weighted by Gasteiger charge is 2.67. The smallest absolute Gasteiger partial charge is 0.157 e. The number of Topliss-reactive ketones (excluding diaryl/α,β-unsaturated/α-hetero) is 1. The summed E-state index contributed by atoms with van der Waals surface area (Å²) in [5, 5.41) is -0.438. The third-order valence-electron chi connectivity index (χ3n) is 9.07. The van der Waals surface area contributed by atoms with Gasteiger partial charge in [0, 0.05) is 17.8 Å². The lowest BCUT2D eigenvalue weighted by molar-refractivity contribution is -0.128. The van der Waals surface area contributed by atoms with E-state index in [4.69, 9.17) is 0 Å². The van der Waals surface area contributed by atoms with Crippen molar-refractivity contribution in [1.82, 2.24) is 0 Å². The molecule has 0 aromatic heterocycles. The number of hydrogen-bond acceptors (Lipinski definition) is 4. The minimum absolute atomic E-state index is 0.0402. The predicted octanol–water partition coefficient (Wildman–Crippen LogP) is 3.11. The average molecular weight is 377 g/mol. The number of rotatable bonds is 1. The van der Waals surface area contributed by atoms with E-state index < -0.39 is 15.1 Å². The van der Waals surface area contributed by atoms with Crippen LogP contribution in [-0.2, 0) is 19.4 Å². The number of carbonyl (C=O) groups excluding carboxylic acids is 2. The van der Waals surface area contributed by atoms with Gasteiger partial charge >= 0.3 is 0 Å². The Balaban J connectivity index is 1.60. The van der Waals surface area contributed by atoms with E-state index in [1.54, 1.807) is 13.0 Å². The van der Waals surface area contributed by atoms with Crippen LogP contribution in [0.25, 0.3) is 0 Å². The first-order chi connectivity index (χ1) is 12.2. The third-order valence-corrected chi connectivity index (χ3v) is 11.3. The van der Waals surface area contributed by atoms with E-state index in [0.717, 1.165) is 31.3 Å². The highest BCUT2D eigenvalue weighted by molar-refractivity contribution is 7.92. The van der Waals surface area contributed by atoms with Crippen molar-refractivity contribution in [2.75, 3.05) is 5.75 Å². The van der Waals surface area contributed by atoms with Crippen molar-refractivity contribution in [2.45, 2.75) is 64.0 Å². The highest BCUT2D eigenvalue weighted by atomic mass is 32.2. The number of sulfone groups is 1. The lowest BCUT2D eigenvalue weighted by Crippen LogP contribution is -2.52. The van der Waals surface area contributed by atoms with Crippen molar-refractivity contribution in [1.29, 1.82) is 0 Å². The molecule has 3 saturated carbocycles. The molecule has 1 saturated heterocycles. The van der Waals surface area contributed by atoms with Gasteiger partial charge in [-0.15, -0.1) is 0 Å². The number of ketones is 2. The molecule has 1 heterocycles. The van der Waals surface area contributed by atoms with E-state index in [9.17, 15) is 18.0 Å². The Morgan fingerprint density at radius 2 is 1.92 bits per heavy atom. The van der Waals surface area contributed by atoms with Gasteiger partial charge in [-0.1, -0.05) is 6.92 Å². The topological polar surface area (TPSA) is 68.3 Å². The van der Waals surface area contributed by atoms with Gasteiger partial charge in [-0.05, 0) is 80.3 Å². The van der Waals surface area contributed by atoms with E-state index in [0.29, 0.717) is 42.8 Å². The quantitative estimate of drug-likeness (QED) is 0.705. The molecule has 1 aliphatic heterocycles. The Labute approximate surface area is 155 Å². The summed E-state index contributed by atoms with van der Waals surface area (Å²) in [6.07, 6.45) is 7.65. The second-order valence-electron chi connectivity index (χ2n) is 9.92. The molecule has 0 aromatic carbocycles. The molecule has 5 heteroatoms. The monoisotopic (exact) mass is 376 g/mol. The van der Waals surface area contributed by atoms with Crippen LogP contribution in [0.3, 0.4) is 0 Å². The Kier molecular flexibility index (Phi) is 3.36. The molecule has 4 aliphatic carbocycles. The molecule has 5 rings (SSSR count). The second kappa shape index (κ2) is 5.09. The molecule has 2 bridgehead atoms. The molecule has 5 aliphatic rings. The first kappa shape index (κ1) is 17.2. The van der Waals surface area contributed by atoms with Crippen LogP contribution in [0.5, 0.6) is 0 Å². The molecular weight excluding hydrogens is 348 g/mol. The van der Waals surface area contributed by atoms with Crippen LogP contribution in [0, 0.1) is 34.5 Å². The van der Waals surface area contributed by atoms with Crippen molar-refractivity contribution >= 4 is 21.4 Å². The van der Waals surface area contributed by atoms with Crippen molar-refractivity contribution in [2.24, 2.45) is 34.5 Å². The summed E-state index contributed by atoms with van der Waals surface area (Å²) < 4.78 is 26.0. The van der Waals surface area contributed by atoms with Crippen LogP contribution >= 0.6 is 0 Å². The molecule has 0 amide bonds. The summed E-state index contributed by atoms with van der Waals surface area (Å²) in [5.41, 5.74) is 0.717. The molecular formula is C21H28O4S. The van der Waals surface area contributed by atoms with E-state index in [2.05, 4.69) is 6.92 Å². The molecule has 0 radical (unpaired) electrons. The maximum atomic E-state index is 13.0. The van der Waals surface area contributed by atoms with Gasteiger partial charge in [0.25, 0.3) is 0 Å². The highest BCUT2D eigenvalue weighted by Crippen LogP contribution is 2.69. The fraction of sp³-hybridized carbons (Fsp3) is 0.810. The predicted molar refractivity (Wildman–Crippen MR) is 98.2 cm³/mol. The zero-order valence-electron chi connectivity index (χ0n) is 15.7. The summed E-state index contributed by atoms with van der Waals surface area (Å²) in [4.78, 5) is 24.3. The van der Waals surface area contributed by atoms with E-state index >= 15 is 0 Å². The number of fused-ring (bicyclic) bond motifs is 3. The van der Waals surface area contributed by atoms with E-state index in [-0.39, 0.29) is 28.3 Å². The number of hydrogen-bond donors (Lipinski definition) is 0. The fourth-order valence-corrected chi connectivity index (χ4v) is 10.7. The first-order valence-corrected chi connectivity index (χ1v) is 11.9. The molecule has 1 unspecified atom stereocenters. The third kappa shape index (κ3) is 1.93. The van der Waals surface area contributed by atoms with Crippen molar-refractivity contribution in [3.05, 3.63) is 11.6 Å². The van der Waals surface area contributed by atoms with Gasteiger partial charge < -0.3 is 0 Å². The molecule has 7 atom stereocenters. The minimum Gasteiger partial charge on any atom is -0.300 e. The lowest BCUT2D eigenvalue weighted by atomic mass is 9.46. The minimum atomic E-state index is -3.16. The summed E-state index contributed by atoms with van der Waals surface area (Å²) in [6.45, 7) is 4.02. The van der Waals surface area contributed by atoms with Crippen LogP contribution in [0.1, 0.15) is 58.8 Å². The zero-order valence-corrected chi connectivity index (χ0v) is 16.5. The van der Waals surface area contributed by atoms with Gasteiger partial charge in [0.05, 0.1) is 11.0 Å². The molecule has 142 valence electrons. The van der Waals surface area contributed by atoms with Gasteiger partial charge in [-0.2, -0.15) is 0 Å². The first-order valence-electron chi connectivity index (χ1n) is 10.2. The molecule has 4 fully saturated rings. The van der Waals surface area contributed by atoms with Crippen LogP contribution in [-0.4, -0.2) is 31.0 Å².